The van der Waals surface area contributed by atoms with Crippen molar-refractivity contribution in [3.8, 4) is 11.8 Å². The van der Waals surface area contributed by atoms with Gasteiger partial charge in [0.05, 0.1) is 6.07 Å². The van der Waals surface area contributed by atoms with Crippen molar-refractivity contribution >= 4 is 5.69 Å². The Morgan fingerprint density at radius 3 is 2.53 bits per heavy atom. The third-order valence-electron chi connectivity index (χ3n) is 2.12. The van der Waals surface area contributed by atoms with Gasteiger partial charge in [-0.05, 0) is 37.1 Å². The first-order valence-electron chi connectivity index (χ1n) is 5.38. The van der Waals surface area contributed by atoms with Crippen LogP contribution in [0, 0.1) is 11.3 Å². The van der Waals surface area contributed by atoms with E-state index in [-0.39, 0.29) is 5.75 Å². The largest absolute Gasteiger partial charge is 0.435 e. The molecule has 0 saturated heterocycles. The topological polar surface area (TPSA) is 45.0 Å². The van der Waals surface area contributed by atoms with Gasteiger partial charge in [-0.15, -0.1) is 0 Å². The number of halogens is 2. The molecule has 0 aliphatic rings. The van der Waals surface area contributed by atoms with E-state index in [1.807, 2.05) is 0 Å². The first kappa shape index (κ1) is 13.2. The molecule has 0 spiro atoms. The summed E-state index contributed by atoms with van der Waals surface area (Å²) in [6.45, 7) is -2.03. The second-order valence-corrected chi connectivity index (χ2v) is 3.44. The molecule has 5 heteroatoms. The van der Waals surface area contributed by atoms with E-state index in [4.69, 9.17) is 5.26 Å². The molecular formula is C12H14F2N2O. The highest BCUT2D eigenvalue weighted by Crippen LogP contribution is 2.17. The highest BCUT2D eigenvalue weighted by atomic mass is 19.3. The Labute approximate surface area is 99.0 Å². The van der Waals surface area contributed by atoms with Gasteiger partial charge in [-0.2, -0.15) is 14.0 Å². The molecule has 0 atom stereocenters. The van der Waals surface area contributed by atoms with Gasteiger partial charge < -0.3 is 10.1 Å². The monoisotopic (exact) mass is 240 g/mol. The van der Waals surface area contributed by atoms with Crippen LogP contribution in [0.3, 0.4) is 0 Å². The number of unbranched alkanes of at least 4 members (excludes halogenated alkanes) is 2. The zero-order valence-corrected chi connectivity index (χ0v) is 9.33. The van der Waals surface area contributed by atoms with Crippen LogP contribution in [0.2, 0.25) is 0 Å². The Bertz CT molecular complexity index is 360. The molecule has 0 aliphatic heterocycles. The number of rotatable bonds is 7. The minimum Gasteiger partial charge on any atom is -0.435 e. The van der Waals surface area contributed by atoms with Crippen molar-refractivity contribution in [3.05, 3.63) is 24.3 Å². The fourth-order valence-corrected chi connectivity index (χ4v) is 1.32. The van der Waals surface area contributed by atoms with Gasteiger partial charge in [0, 0.05) is 18.7 Å². The highest BCUT2D eigenvalue weighted by molar-refractivity contribution is 5.46. The van der Waals surface area contributed by atoms with E-state index in [9.17, 15) is 8.78 Å². The van der Waals surface area contributed by atoms with Gasteiger partial charge in [-0.3, -0.25) is 0 Å². The van der Waals surface area contributed by atoms with Crippen molar-refractivity contribution in [2.45, 2.75) is 25.9 Å². The molecule has 0 aromatic heterocycles. The summed E-state index contributed by atoms with van der Waals surface area (Å²) in [6.07, 6.45) is 2.32. The number of benzene rings is 1. The Morgan fingerprint density at radius 2 is 1.94 bits per heavy atom. The van der Waals surface area contributed by atoms with E-state index < -0.39 is 6.61 Å². The van der Waals surface area contributed by atoms with E-state index in [0.29, 0.717) is 6.42 Å². The van der Waals surface area contributed by atoms with Crippen molar-refractivity contribution in [3.63, 3.8) is 0 Å². The molecule has 1 aromatic carbocycles. The molecule has 92 valence electrons. The predicted molar refractivity (Wildman–Crippen MR) is 61.0 cm³/mol. The summed E-state index contributed by atoms with van der Waals surface area (Å²) in [7, 11) is 0. The van der Waals surface area contributed by atoms with Gasteiger partial charge in [-0.1, -0.05) is 0 Å². The van der Waals surface area contributed by atoms with Gasteiger partial charge in [0.15, 0.2) is 0 Å². The van der Waals surface area contributed by atoms with Crippen molar-refractivity contribution in [1.82, 2.24) is 0 Å². The van der Waals surface area contributed by atoms with Crippen molar-refractivity contribution < 1.29 is 13.5 Å². The zero-order valence-electron chi connectivity index (χ0n) is 9.33. The number of nitriles is 1. The standard InChI is InChI=1S/C12H14F2N2O/c13-12(14)17-11-6-4-10(5-7-11)16-9-3-1-2-8-15/h4-7,12,16H,1-3,9H2. The Kier molecular flexibility index (Phi) is 5.80. The average molecular weight is 240 g/mol. The lowest BCUT2D eigenvalue weighted by molar-refractivity contribution is -0.0498. The third kappa shape index (κ3) is 5.71. The molecule has 0 heterocycles. The first-order valence-corrected chi connectivity index (χ1v) is 5.38. The van der Waals surface area contributed by atoms with Crippen LogP contribution in [-0.2, 0) is 0 Å². The summed E-state index contributed by atoms with van der Waals surface area (Å²) in [4.78, 5) is 0. The summed E-state index contributed by atoms with van der Waals surface area (Å²) < 4.78 is 28.0. The second kappa shape index (κ2) is 7.44. The molecule has 17 heavy (non-hydrogen) atoms. The maximum Gasteiger partial charge on any atom is 0.387 e. The number of anilines is 1. The summed E-state index contributed by atoms with van der Waals surface area (Å²) >= 11 is 0. The van der Waals surface area contributed by atoms with Crippen LogP contribution >= 0.6 is 0 Å². The molecule has 0 unspecified atom stereocenters. The number of nitrogens with one attached hydrogen (secondary N) is 1. The maximum atomic E-state index is 11.9. The van der Waals surface area contributed by atoms with Crippen LogP contribution in [0.5, 0.6) is 5.75 Å². The number of nitrogens with zero attached hydrogens (tertiary/aromatic N) is 1. The predicted octanol–water partition coefficient (Wildman–Crippen LogP) is 3.39. The minimum atomic E-state index is -2.79. The van der Waals surface area contributed by atoms with E-state index >= 15 is 0 Å². The van der Waals surface area contributed by atoms with E-state index in [2.05, 4.69) is 16.1 Å². The Hall–Kier alpha value is -1.83. The van der Waals surface area contributed by atoms with Crippen molar-refractivity contribution in [1.29, 1.82) is 5.26 Å². The number of hydrogen-bond donors (Lipinski definition) is 1. The summed E-state index contributed by atoms with van der Waals surface area (Å²) in [5.74, 6) is 0.148. The van der Waals surface area contributed by atoms with Crippen LogP contribution in [0.25, 0.3) is 0 Å². The number of hydrogen-bond acceptors (Lipinski definition) is 3. The molecule has 0 radical (unpaired) electrons. The number of alkyl halides is 2. The summed E-state index contributed by atoms with van der Waals surface area (Å²) in [6, 6.07) is 8.42. The first-order chi connectivity index (χ1) is 8.22. The maximum absolute atomic E-state index is 11.9. The lowest BCUT2D eigenvalue weighted by Gasteiger charge is -2.07. The molecule has 0 amide bonds. The minimum absolute atomic E-state index is 0.148. The lowest BCUT2D eigenvalue weighted by atomic mass is 10.2. The van der Waals surface area contributed by atoms with Crippen LogP contribution in [0.15, 0.2) is 24.3 Å². The van der Waals surface area contributed by atoms with E-state index in [1.165, 1.54) is 12.1 Å². The van der Waals surface area contributed by atoms with Crippen LogP contribution in [0.4, 0.5) is 14.5 Å². The smallest absolute Gasteiger partial charge is 0.387 e. The fraction of sp³-hybridized carbons (Fsp3) is 0.417. The molecule has 0 aliphatic carbocycles. The van der Waals surface area contributed by atoms with Gasteiger partial charge in [0.1, 0.15) is 5.75 Å². The van der Waals surface area contributed by atoms with E-state index in [1.54, 1.807) is 12.1 Å². The van der Waals surface area contributed by atoms with Gasteiger partial charge in [-0.25, -0.2) is 0 Å². The molecule has 0 fully saturated rings. The Balaban J connectivity index is 2.28. The number of ether oxygens (including phenoxy) is 1. The Morgan fingerprint density at radius 1 is 1.24 bits per heavy atom. The fourth-order valence-electron chi connectivity index (χ4n) is 1.32. The molecule has 0 bridgehead atoms. The summed E-state index contributed by atoms with van der Waals surface area (Å²) in [5, 5.41) is 11.5. The highest BCUT2D eigenvalue weighted by Gasteiger charge is 2.03. The lowest BCUT2D eigenvalue weighted by Crippen LogP contribution is -2.03. The van der Waals surface area contributed by atoms with Gasteiger partial charge in [0.2, 0.25) is 0 Å². The van der Waals surface area contributed by atoms with Gasteiger partial charge in [0.25, 0.3) is 0 Å². The summed E-state index contributed by atoms with van der Waals surface area (Å²) in [5.41, 5.74) is 0.851. The normalized spacial score (nSPS) is 10.0. The van der Waals surface area contributed by atoms with Gasteiger partial charge >= 0.3 is 6.61 Å². The van der Waals surface area contributed by atoms with E-state index in [0.717, 1.165) is 25.1 Å². The van der Waals surface area contributed by atoms with Crippen LogP contribution in [0.1, 0.15) is 19.3 Å². The second-order valence-electron chi connectivity index (χ2n) is 3.44. The van der Waals surface area contributed by atoms with Crippen molar-refractivity contribution in [2.24, 2.45) is 0 Å². The average Bonchev–Trinajstić information content (AvgIpc) is 2.30. The van der Waals surface area contributed by atoms with Crippen LogP contribution < -0.4 is 10.1 Å². The molecule has 1 rings (SSSR count). The molecule has 0 saturated carbocycles. The molecule has 3 nitrogen and oxygen atoms in total. The zero-order chi connectivity index (χ0) is 12.5. The van der Waals surface area contributed by atoms with Crippen LogP contribution in [-0.4, -0.2) is 13.2 Å². The quantitative estimate of drug-likeness (QED) is 0.743. The molecule has 1 N–H and O–H groups in total. The van der Waals surface area contributed by atoms with Crippen molar-refractivity contribution in [2.75, 3.05) is 11.9 Å². The molecular weight excluding hydrogens is 226 g/mol. The SMILES string of the molecule is N#CCCCCNc1ccc(OC(F)F)cc1. The third-order valence-corrected chi connectivity index (χ3v) is 2.12. The molecule has 1 aromatic rings.